The van der Waals surface area contributed by atoms with E-state index in [1.54, 1.807) is 0 Å². The third-order valence-electron chi connectivity index (χ3n) is 2.93. The van der Waals surface area contributed by atoms with Crippen LogP contribution < -0.4 is 5.73 Å². The Bertz CT molecular complexity index is 515. The van der Waals surface area contributed by atoms with E-state index in [4.69, 9.17) is 10.2 Å². The molecule has 2 aromatic rings. The number of nitrogens with zero attached hydrogens (tertiary/aromatic N) is 3. The lowest BCUT2D eigenvalue weighted by molar-refractivity contribution is 0.285. The van der Waals surface area contributed by atoms with E-state index in [2.05, 4.69) is 17.0 Å². The summed E-state index contributed by atoms with van der Waals surface area (Å²) in [6, 6.07) is 2.04. The molecule has 0 unspecified atom stereocenters. The van der Waals surface area contributed by atoms with Crippen LogP contribution in [0.15, 0.2) is 22.9 Å². The van der Waals surface area contributed by atoms with Gasteiger partial charge in [0.25, 0.3) is 0 Å². The second-order valence-electron chi connectivity index (χ2n) is 4.69. The van der Waals surface area contributed by atoms with Gasteiger partial charge in [0.15, 0.2) is 0 Å². The lowest BCUT2D eigenvalue weighted by Gasteiger charge is -2.13. The lowest BCUT2D eigenvalue weighted by atomic mass is 10.2. The zero-order chi connectivity index (χ0) is 13.1. The van der Waals surface area contributed by atoms with Crippen LogP contribution in [0.2, 0.25) is 0 Å². The van der Waals surface area contributed by atoms with Crippen molar-refractivity contribution < 1.29 is 4.42 Å². The molecule has 18 heavy (non-hydrogen) atoms. The van der Waals surface area contributed by atoms with E-state index in [9.17, 15) is 0 Å². The van der Waals surface area contributed by atoms with Crippen molar-refractivity contribution >= 4 is 0 Å². The van der Waals surface area contributed by atoms with Crippen LogP contribution in [-0.4, -0.2) is 21.7 Å². The highest BCUT2D eigenvalue weighted by Gasteiger charge is 2.09. The van der Waals surface area contributed by atoms with Crippen LogP contribution in [-0.2, 0) is 26.7 Å². The van der Waals surface area contributed by atoms with Gasteiger partial charge < -0.3 is 10.2 Å². The molecule has 0 bridgehead atoms. The van der Waals surface area contributed by atoms with Gasteiger partial charge in [-0.15, -0.1) is 0 Å². The summed E-state index contributed by atoms with van der Waals surface area (Å²) in [6.45, 7) is 4.11. The molecule has 2 aromatic heterocycles. The average molecular weight is 248 g/mol. The van der Waals surface area contributed by atoms with E-state index < -0.39 is 0 Å². The van der Waals surface area contributed by atoms with Gasteiger partial charge in [-0.2, -0.15) is 5.10 Å². The molecule has 2 heterocycles. The van der Waals surface area contributed by atoms with E-state index in [0.29, 0.717) is 6.54 Å². The predicted molar refractivity (Wildman–Crippen MR) is 69.7 cm³/mol. The summed E-state index contributed by atoms with van der Waals surface area (Å²) in [7, 11) is 3.99. The Morgan fingerprint density at radius 1 is 1.44 bits per heavy atom. The number of aromatic nitrogens is 2. The zero-order valence-corrected chi connectivity index (χ0v) is 11.2. The maximum atomic E-state index is 5.68. The Kier molecular flexibility index (Phi) is 3.84. The molecule has 5 heteroatoms. The fraction of sp³-hybridized carbons (Fsp3) is 0.462. The molecular formula is C13H20N4O. The largest absolute Gasteiger partial charge is 0.465 e. The molecule has 2 rings (SSSR count). The summed E-state index contributed by atoms with van der Waals surface area (Å²) in [6.07, 6.45) is 3.91. The fourth-order valence-electron chi connectivity index (χ4n) is 2.06. The third-order valence-corrected chi connectivity index (χ3v) is 2.93. The van der Waals surface area contributed by atoms with Gasteiger partial charge in [0.2, 0.25) is 0 Å². The van der Waals surface area contributed by atoms with Gasteiger partial charge in [-0.3, -0.25) is 9.58 Å². The number of rotatable bonds is 5. The van der Waals surface area contributed by atoms with Crippen molar-refractivity contribution in [2.45, 2.75) is 26.6 Å². The molecule has 98 valence electrons. The van der Waals surface area contributed by atoms with E-state index in [1.165, 1.54) is 5.56 Å². The summed E-state index contributed by atoms with van der Waals surface area (Å²) in [5.41, 5.74) is 7.92. The van der Waals surface area contributed by atoms with Crippen LogP contribution in [0.3, 0.4) is 0 Å². The van der Waals surface area contributed by atoms with Crippen molar-refractivity contribution in [2.75, 3.05) is 7.05 Å². The average Bonchev–Trinajstić information content (AvgIpc) is 2.85. The maximum Gasteiger partial charge on any atom is 0.118 e. The van der Waals surface area contributed by atoms with Crippen LogP contribution >= 0.6 is 0 Å². The summed E-state index contributed by atoms with van der Waals surface area (Å²) < 4.78 is 7.49. The van der Waals surface area contributed by atoms with Gasteiger partial charge >= 0.3 is 0 Å². The molecule has 5 nitrogen and oxygen atoms in total. The first-order chi connectivity index (χ1) is 8.58. The number of furan rings is 1. The maximum absolute atomic E-state index is 5.68. The highest BCUT2D eigenvalue weighted by atomic mass is 16.3. The van der Waals surface area contributed by atoms with Crippen LogP contribution in [0.25, 0.3) is 0 Å². The van der Waals surface area contributed by atoms with Gasteiger partial charge in [-0.1, -0.05) is 0 Å². The second-order valence-corrected chi connectivity index (χ2v) is 4.69. The van der Waals surface area contributed by atoms with Crippen molar-refractivity contribution in [2.24, 2.45) is 12.8 Å². The highest BCUT2D eigenvalue weighted by Crippen LogP contribution is 2.16. The van der Waals surface area contributed by atoms with Crippen molar-refractivity contribution in [1.82, 2.24) is 14.7 Å². The molecule has 2 N–H and O–H groups in total. The van der Waals surface area contributed by atoms with Gasteiger partial charge in [-0.05, 0) is 20.0 Å². The Morgan fingerprint density at radius 3 is 2.78 bits per heavy atom. The van der Waals surface area contributed by atoms with E-state index in [0.717, 1.165) is 30.2 Å². The quantitative estimate of drug-likeness (QED) is 0.869. The first-order valence-corrected chi connectivity index (χ1v) is 6.03. The first kappa shape index (κ1) is 12.9. The van der Waals surface area contributed by atoms with Crippen LogP contribution in [0.4, 0.5) is 0 Å². The topological polar surface area (TPSA) is 60.2 Å². The Balaban J connectivity index is 1.96. The Labute approximate surface area is 107 Å². The minimum Gasteiger partial charge on any atom is -0.465 e. The molecule has 0 amide bonds. The number of aryl methyl sites for hydroxylation is 2. The van der Waals surface area contributed by atoms with Crippen LogP contribution in [0.5, 0.6) is 0 Å². The van der Waals surface area contributed by atoms with Gasteiger partial charge in [0, 0.05) is 37.5 Å². The van der Waals surface area contributed by atoms with Crippen molar-refractivity contribution in [3.8, 4) is 0 Å². The SMILES string of the molecule is Cc1oc(CN(C)Cc2cnn(C)c2)cc1CN. The molecule has 0 fully saturated rings. The summed E-state index contributed by atoms with van der Waals surface area (Å²) in [5.74, 6) is 1.88. The molecule has 0 aliphatic rings. The molecule has 0 spiro atoms. The number of hydrogen-bond acceptors (Lipinski definition) is 4. The van der Waals surface area contributed by atoms with Gasteiger partial charge in [0.05, 0.1) is 12.7 Å². The zero-order valence-electron chi connectivity index (χ0n) is 11.2. The standard InChI is InChI=1S/C13H20N4O/c1-10-12(5-14)4-13(18-10)9-16(2)7-11-6-15-17(3)8-11/h4,6,8H,5,7,9,14H2,1-3H3. The molecule has 0 radical (unpaired) electrons. The molecule has 0 saturated heterocycles. The van der Waals surface area contributed by atoms with E-state index in [-0.39, 0.29) is 0 Å². The predicted octanol–water partition coefficient (Wildman–Crippen LogP) is 1.41. The Hall–Kier alpha value is -1.59. The smallest absolute Gasteiger partial charge is 0.118 e. The van der Waals surface area contributed by atoms with Crippen molar-refractivity contribution in [1.29, 1.82) is 0 Å². The summed E-state index contributed by atoms with van der Waals surface area (Å²) in [4.78, 5) is 2.19. The minimum atomic E-state index is 0.529. The fourth-order valence-corrected chi connectivity index (χ4v) is 2.06. The van der Waals surface area contributed by atoms with Crippen molar-refractivity contribution in [3.63, 3.8) is 0 Å². The van der Waals surface area contributed by atoms with E-state index in [1.807, 2.05) is 37.1 Å². The second kappa shape index (κ2) is 5.37. The Morgan fingerprint density at radius 2 is 2.22 bits per heavy atom. The van der Waals surface area contributed by atoms with Gasteiger partial charge in [-0.25, -0.2) is 0 Å². The molecule has 0 aliphatic carbocycles. The number of hydrogen-bond donors (Lipinski definition) is 1. The molecule has 0 saturated carbocycles. The van der Waals surface area contributed by atoms with Crippen LogP contribution in [0, 0.1) is 6.92 Å². The molecule has 0 atom stereocenters. The lowest BCUT2D eigenvalue weighted by Crippen LogP contribution is -2.16. The monoisotopic (exact) mass is 248 g/mol. The minimum absolute atomic E-state index is 0.529. The first-order valence-electron chi connectivity index (χ1n) is 6.03. The van der Waals surface area contributed by atoms with E-state index >= 15 is 0 Å². The van der Waals surface area contributed by atoms with Crippen LogP contribution in [0.1, 0.15) is 22.6 Å². The summed E-state index contributed by atoms with van der Waals surface area (Å²) >= 11 is 0. The molecular weight excluding hydrogens is 228 g/mol. The normalized spacial score (nSPS) is 11.4. The highest BCUT2D eigenvalue weighted by molar-refractivity contribution is 5.20. The molecule has 0 aromatic carbocycles. The van der Waals surface area contributed by atoms with Gasteiger partial charge in [0.1, 0.15) is 11.5 Å². The molecule has 0 aliphatic heterocycles. The van der Waals surface area contributed by atoms with Crippen molar-refractivity contribution in [3.05, 3.63) is 41.1 Å². The third kappa shape index (κ3) is 3.00. The summed E-state index contributed by atoms with van der Waals surface area (Å²) in [5, 5.41) is 4.16. The number of nitrogens with two attached hydrogens (primary N) is 1.